The van der Waals surface area contributed by atoms with Gasteiger partial charge in [0.2, 0.25) is 0 Å². The molecule has 3 heteroatoms. The summed E-state index contributed by atoms with van der Waals surface area (Å²) in [6.07, 6.45) is 7.16. The Balaban J connectivity index is 2.11. The molecule has 1 aromatic heterocycles. The van der Waals surface area contributed by atoms with Gasteiger partial charge in [0.1, 0.15) is 0 Å². The van der Waals surface area contributed by atoms with E-state index in [0.29, 0.717) is 12.6 Å². The molecule has 1 saturated carbocycles. The van der Waals surface area contributed by atoms with Crippen LogP contribution in [0.2, 0.25) is 0 Å². The van der Waals surface area contributed by atoms with Gasteiger partial charge in [-0.2, -0.15) is 0 Å². The molecule has 18 heavy (non-hydrogen) atoms. The molecule has 100 valence electrons. The molecule has 1 fully saturated rings. The molecule has 0 aromatic carbocycles. The highest BCUT2D eigenvalue weighted by atomic mass is 15.2. The fourth-order valence-electron chi connectivity index (χ4n) is 2.48. The maximum absolute atomic E-state index is 6.01. The lowest BCUT2D eigenvalue weighted by atomic mass is 10.1. The van der Waals surface area contributed by atoms with Gasteiger partial charge in [-0.15, -0.1) is 0 Å². The van der Waals surface area contributed by atoms with Crippen LogP contribution < -0.4 is 5.73 Å². The minimum Gasteiger partial charge on any atom is -0.329 e. The zero-order valence-corrected chi connectivity index (χ0v) is 11.6. The van der Waals surface area contributed by atoms with Crippen LogP contribution in [0.25, 0.3) is 0 Å². The first-order valence-corrected chi connectivity index (χ1v) is 7.14. The predicted octanol–water partition coefficient (Wildman–Crippen LogP) is 2.65. The summed E-state index contributed by atoms with van der Waals surface area (Å²) in [6, 6.07) is 5.37. The van der Waals surface area contributed by atoms with E-state index in [1.807, 2.05) is 13.1 Å². The van der Waals surface area contributed by atoms with E-state index in [1.54, 1.807) is 0 Å². The van der Waals surface area contributed by atoms with Crippen molar-refractivity contribution in [1.29, 1.82) is 0 Å². The van der Waals surface area contributed by atoms with Gasteiger partial charge in [0.15, 0.2) is 0 Å². The van der Waals surface area contributed by atoms with Crippen molar-refractivity contribution >= 4 is 0 Å². The van der Waals surface area contributed by atoms with Crippen molar-refractivity contribution in [3.63, 3.8) is 0 Å². The largest absolute Gasteiger partial charge is 0.329 e. The van der Waals surface area contributed by atoms with Crippen LogP contribution in [-0.2, 0) is 0 Å². The van der Waals surface area contributed by atoms with Crippen molar-refractivity contribution in [3.05, 3.63) is 29.6 Å². The van der Waals surface area contributed by atoms with Gasteiger partial charge in [-0.1, -0.05) is 19.4 Å². The molecule has 1 heterocycles. The fourth-order valence-corrected chi connectivity index (χ4v) is 2.48. The molecule has 2 rings (SSSR count). The van der Waals surface area contributed by atoms with E-state index in [4.69, 9.17) is 5.73 Å². The van der Waals surface area contributed by atoms with Gasteiger partial charge < -0.3 is 5.73 Å². The minimum atomic E-state index is 0.345. The first-order chi connectivity index (χ1) is 8.76. The van der Waals surface area contributed by atoms with Crippen LogP contribution in [0.15, 0.2) is 18.3 Å². The molecule has 0 amide bonds. The van der Waals surface area contributed by atoms with E-state index < -0.39 is 0 Å². The van der Waals surface area contributed by atoms with Crippen LogP contribution in [-0.4, -0.2) is 29.0 Å². The second-order valence-electron chi connectivity index (χ2n) is 5.31. The third kappa shape index (κ3) is 3.30. The molecular formula is C15H25N3. The summed E-state index contributed by atoms with van der Waals surface area (Å²) in [5.41, 5.74) is 8.35. The molecule has 0 bridgehead atoms. The van der Waals surface area contributed by atoms with Crippen LogP contribution >= 0.6 is 0 Å². The molecule has 1 aliphatic carbocycles. The van der Waals surface area contributed by atoms with Crippen LogP contribution in [0.1, 0.15) is 49.9 Å². The number of hydrogen-bond acceptors (Lipinski definition) is 3. The van der Waals surface area contributed by atoms with E-state index in [1.165, 1.54) is 31.2 Å². The molecule has 1 aromatic rings. The van der Waals surface area contributed by atoms with Crippen LogP contribution in [0.5, 0.6) is 0 Å². The van der Waals surface area contributed by atoms with Gasteiger partial charge >= 0.3 is 0 Å². The lowest BCUT2D eigenvalue weighted by Crippen LogP contribution is -2.36. The Labute approximate surface area is 110 Å². The highest BCUT2D eigenvalue weighted by molar-refractivity contribution is 5.18. The van der Waals surface area contributed by atoms with Crippen molar-refractivity contribution in [2.24, 2.45) is 5.73 Å². The summed E-state index contributed by atoms with van der Waals surface area (Å²) < 4.78 is 0. The lowest BCUT2D eigenvalue weighted by molar-refractivity contribution is 0.188. The van der Waals surface area contributed by atoms with Crippen molar-refractivity contribution in [3.8, 4) is 0 Å². The monoisotopic (exact) mass is 247 g/mol. The maximum Gasteiger partial charge on any atom is 0.0488 e. The predicted molar refractivity (Wildman–Crippen MR) is 75.4 cm³/mol. The third-order valence-corrected chi connectivity index (χ3v) is 3.73. The van der Waals surface area contributed by atoms with Gasteiger partial charge in [-0.25, -0.2) is 0 Å². The van der Waals surface area contributed by atoms with Gasteiger partial charge in [0, 0.05) is 30.5 Å². The van der Waals surface area contributed by atoms with Gasteiger partial charge in [0.25, 0.3) is 0 Å². The molecule has 1 aliphatic rings. The van der Waals surface area contributed by atoms with Crippen molar-refractivity contribution in [1.82, 2.24) is 9.88 Å². The Kier molecular flexibility index (Phi) is 4.72. The van der Waals surface area contributed by atoms with E-state index in [-0.39, 0.29) is 0 Å². The molecule has 2 N–H and O–H groups in total. The lowest BCUT2D eigenvalue weighted by Gasteiger charge is -2.31. The standard InChI is InChI=1S/C15H25N3/c1-3-4-9-18(14-7-8-14)15(10-16)13-6-5-12(2)17-11-13/h5-6,11,14-15H,3-4,7-10,16H2,1-2H3. The number of unbranched alkanes of at least 4 members (excludes halogenated alkanes) is 1. The maximum atomic E-state index is 6.01. The normalized spacial score (nSPS) is 17.1. The zero-order valence-electron chi connectivity index (χ0n) is 11.6. The first-order valence-electron chi connectivity index (χ1n) is 7.14. The third-order valence-electron chi connectivity index (χ3n) is 3.73. The van der Waals surface area contributed by atoms with E-state index in [9.17, 15) is 0 Å². The quantitative estimate of drug-likeness (QED) is 0.805. The fraction of sp³-hybridized carbons (Fsp3) is 0.667. The Hall–Kier alpha value is -0.930. The zero-order chi connectivity index (χ0) is 13.0. The SMILES string of the molecule is CCCCN(C1CC1)C(CN)c1ccc(C)nc1. The molecule has 1 unspecified atom stereocenters. The second-order valence-corrected chi connectivity index (χ2v) is 5.31. The van der Waals surface area contributed by atoms with Crippen LogP contribution in [0.3, 0.4) is 0 Å². The topological polar surface area (TPSA) is 42.1 Å². The number of pyridine rings is 1. The minimum absolute atomic E-state index is 0.345. The summed E-state index contributed by atoms with van der Waals surface area (Å²) in [7, 11) is 0. The number of nitrogens with zero attached hydrogens (tertiary/aromatic N) is 2. The number of aromatic nitrogens is 1. The van der Waals surface area contributed by atoms with E-state index in [0.717, 1.165) is 18.3 Å². The summed E-state index contributed by atoms with van der Waals surface area (Å²) in [5.74, 6) is 0. The smallest absolute Gasteiger partial charge is 0.0488 e. The molecule has 0 aliphatic heterocycles. The van der Waals surface area contributed by atoms with Crippen molar-refractivity contribution in [2.45, 2.75) is 51.6 Å². The summed E-state index contributed by atoms with van der Waals surface area (Å²) in [6.45, 7) is 6.12. The number of aryl methyl sites for hydroxylation is 1. The van der Waals surface area contributed by atoms with E-state index >= 15 is 0 Å². The summed E-state index contributed by atoms with van der Waals surface area (Å²) in [4.78, 5) is 7.00. The van der Waals surface area contributed by atoms with Crippen molar-refractivity contribution in [2.75, 3.05) is 13.1 Å². The van der Waals surface area contributed by atoms with Gasteiger partial charge in [0.05, 0.1) is 0 Å². The Morgan fingerprint density at radius 1 is 1.44 bits per heavy atom. The Morgan fingerprint density at radius 2 is 2.22 bits per heavy atom. The Morgan fingerprint density at radius 3 is 2.72 bits per heavy atom. The molecule has 1 atom stereocenters. The van der Waals surface area contributed by atoms with Crippen LogP contribution in [0.4, 0.5) is 0 Å². The average Bonchev–Trinajstić information content (AvgIpc) is 3.20. The first kappa shape index (κ1) is 13.5. The highest BCUT2D eigenvalue weighted by Gasteiger charge is 2.33. The highest BCUT2D eigenvalue weighted by Crippen LogP contribution is 2.34. The summed E-state index contributed by atoms with van der Waals surface area (Å²) in [5, 5.41) is 0. The molecule has 3 nitrogen and oxygen atoms in total. The number of hydrogen-bond donors (Lipinski definition) is 1. The van der Waals surface area contributed by atoms with Gasteiger partial charge in [-0.05, 0) is 44.4 Å². The van der Waals surface area contributed by atoms with Crippen molar-refractivity contribution < 1.29 is 0 Å². The number of nitrogens with two attached hydrogens (primary N) is 1. The molecular weight excluding hydrogens is 222 g/mol. The summed E-state index contributed by atoms with van der Waals surface area (Å²) >= 11 is 0. The van der Waals surface area contributed by atoms with E-state index in [2.05, 4.69) is 28.9 Å². The molecule has 0 spiro atoms. The molecule has 0 radical (unpaired) electrons. The average molecular weight is 247 g/mol. The second kappa shape index (κ2) is 6.30. The molecule has 0 saturated heterocycles. The van der Waals surface area contributed by atoms with Crippen LogP contribution in [0, 0.1) is 6.92 Å². The Bertz CT molecular complexity index is 357. The number of rotatable bonds is 7. The van der Waals surface area contributed by atoms with Gasteiger partial charge in [-0.3, -0.25) is 9.88 Å².